The van der Waals surface area contributed by atoms with Gasteiger partial charge in [0.1, 0.15) is 0 Å². The molecular formula is C25H33N3O. The number of benzene rings is 1. The summed E-state index contributed by atoms with van der Waals surface area (Å²) in [5.41, 5.74) is 7.34. The summed E-state index contributed by atoms with van der Waals surface area (Å²) in [6.45, 7) is 0. The third-order valence-electron chi connectivity index (χ3n) is 8.80. The smallest absolute Gasteiger partial charge is 0.226 e. The van der Waals surface area contributed by atoms with E-state index in [-0.39, 0.29) is 16.9 Å². The number of nitriles is 1. The van der Waals surface area contributed by atoms with E-state index >= 15 is 0 Å². The van der Waals surface area contributed by atoms with E-state index in [1.165, 1.54) is 5.56 Å². The molecule has 2 atom stereocenters. The van der Waals surface area contributed by atoms with E-state index in [1.54, 1.807) is 0 Å². The van der Waals surface area contributed by atoms with Crippen LogP contribution in [0.4, 0.5) is 0 Å². The third kappa shape index (κ3) is 3.19. The Labute approximate surface area is 174 Å². The second kappa shape index (κ2) is 7.13. The molecule has 1 amide bonds. The van der Waals surface area contributed by atoms with Crippen LogP contribution in [0.2, 0.25) is 0 Å². The summed E-state index contributed by atoms with van der Waals surface area (Å²) in [6.07, 6.45) is 9.92. The maximum Gasteiger partial charge on any atom is 0.226 e. The van der Waals surface area contributed by atoms with Crippen LogP contribution >= 0.6 is 0 Å². The van der Waals surface area contributed by atoms with Gasteiger partial charge in [-0.25, -0.2) is 0 Å². The Morgan fingerprint density at radius 2 is 1.72 bits per heavy atom. The van der Waals surface area contributed by atoms with Gasteiger partial charge in [-0.1, -0.05) is 30.3 Å². The zero-order valence-electron chi connectivity index (χ0n) is 17.3. The fourth-order valence-corrected chi connectivity index (χ4v) is 7.68. The molecule has 4 heteroatoms. The molecule has 29 heavy (non-hydrogen) atoms. The molecule has 0 spiro atoms. The number of carbonyl (C=O) groups is 1. The van der Waals surface area contributed by atoms with Crippen molar-refractivity contribution in [3.8, 4) is 6.07 Å². The van der Waals surface area contributed by atoms with Crippen molar-refractivity contribution >= 4 is 5.91 Å². The van der Waals surface area contributed by atoms with Crippen LogP contribution in [0.25, 0.3) is 0 Å². The summed E-state index contributed by atoms with van der Waals surface area (Å²) in [7, 11) is 0. The van der Waals surface area contributed by atoms with Gasteiger partial charge in [0.2, 0.25) is 5.91 Å². The molecule has 4 bridgehead atoms. The van der Waals surface area contributed by atoms with E-state index in [9.17, 15) is 10.1 Å². The van der Waals surface area contributed by atoms with Crippen molar-refractivity contribution < 1.29 is 4.79 Å². The zero-order valence-corrected chi connectivity index (χ0v) is 17.3. The molecule has 3 N–H and O–H groups in total. The first-order chi connectivity index (χ1) is 14.0. The van der Waals surface area contributed by atoms with E-state index in [2.05, 4.69) is 41.7 Å². The predicted octanol–water partition coefficient (Wildman–Crippen LogP) is 4.05. The molecule has 1 aromatic carbocycles. The first-order valence-electron chi connectivity index (χ1n) is 11.5. The summed E-state index contributed by atoms with van der Waals surface area (Å²) in [6, 6.07) is 13.9. The molecule has 5 saturated carbocycles. The normalized spacial score (nSPS) is 43.0. The number of nitrogens with one attached hydrogen (secondary N) is 1. The quantitative estimate of drug-likeness (QED) is 0.813. The standard InChI is InChI=1S/C25H33N3O/c26-11-10-22-17-12-24(19-4-2-1-3-5-19)13-18(22)15-25(14-17,16-24)23(29)28-21-8-6-20(27)7-9-21/h1-5,17-18,20-22H,6-10,12-16,27H2,(H,28,29). The highest BCUT2D eigenvalue weighted by molar-refractivity contribution is 5.84. The highest BCUT2D eigenvalue weighted by Gasteiger charge is 2.63. The Morgan fingerprint density at radius 1 is 1.07 bits per heavy atom. The summed E-state index contributed by atoms with van der Waals surface area (Å²) in [5, 5.41) is 12.9. The molecule has 2 unspecified atom stereocenters. The molecule has 0 radical (unpaired) electrons. The van der Waals surface area contributed by atoms with Crippen LogP contribution in [0.3, 0.4) is 0 Å². The van der Waals surface area contributed by atoms with E-state index in [0.717, 1.165) is 57.8 Å². The maximum atomic E-state index is 13.7. The van der Waals surface area contributed by atoms with Crippen molar-refractivity contribution in [3.63, 3.8) is 0 Å². The number of nitrogens with two attached hydrogens (primary N) is 1. The molecule has 0 heterocycles. The van der Waals surface area contributed by atoms with Gasteiger partial charge in [-0.3, -0.25) is 4.79 Å². The number of amides is 1. The second-order valence-electron chi connectivity index (χ2n) is 10.6. The fraction of sp³-hybridized carbons (Fsp3) is 0.680. The number of hydrogen-bond donors (Lipinski definition) is 2. The van der Waals surface area contributed by atoms with Crippen LogP contribution in [0.15, 0.2) is 30.3 Å². The molecule has 5 aliphatic rings. The molecule has 6 rings (SSSR count). The topological polar surface area (TPSA) is 78.9 Å². The van der Waals surface area contributed by atoms with Gasteiger partial charge in [0.15, 0.2) is 0 Å². The van der Waals surface area contributed by atoms with Crippen molar-refractivity contribution in [2.24, 2.45) is 28.9 Å². The molecule has 154 valence electrons. The number of rotatable bonds is 4. The van der Waals surface area contributed by atoms with E-state index in [1.807, 2.05) is 0 Å². The van der Waals surface area contributed by atoms with Crippen molar-refractivity contribution in [2.75, 3.05) is 0 Å². The zero-order chi connectivity index (χ0) is 20.1. The number of carbonyl (C=O) groups excluding carboxylic acids is 1. The molecule has 0 aromatic heterocycles. The van der Waals surface area contributed by atoms with Crippen LogP contribution in [-0.4, -0.2) is 18.0 Å². The average Bonchev–Trinajstić information content (AvgIpc) is 2.72. The van der Waals surface area contributed by atoms with Gasteiger partial charge in [0.25, 0.3) is 0 Å². The number of nitrogens with zero attached hydrogens (tertiary/aromatic N) is 1. The van der Waals surface area contributed by atoms with Crippen LogP contribution in [-0.2, 0) is 10.2 Å². The van der Waals surface area contributed by atoms with Crippen molar-refractivity contribution in [2.45, 2.75) is 81.7 Å². The SMILES string of the molecule is N#CCC1C2CC3(C(=O)NC4CCC(N)CC4)CC1CC(c1ccccc1)(C2)C3. The lowest BCUT2D eigenvalue weighted by Gasteiger charge is -2.64. The number of hydrogen-bond acceptors (Lipinski definition) is 3. The van der Waals surface area contributed by atoms with Crippen LogP contribution in [0.1, 0.15) is 69.8 Å². The van der Waals surface area contributed by atoms with Gasteiger partial charge < -0.3 is 11.1 Å². The van der Waals surface area contributed by atoms with Crippen molar-refractivity contribution in [3.05, 3.63) is 35.9 Å². The summed E-state index contributed by atoms with van der Waals surface area (Å²) in [4.78, 5) is 13.7. The summed E-state index contributed by atoms with van der Waals surface area (Å²) in [5.74, 6) is 1.78. The van der Waals surface area contributed by atoms with Gasteiger partial charge >= 0.3 is 0 Å². The predicted molar refractivity (Wildman–Crippen MR) is 113 cm³/mol. The molecule has 5 fully saturated rings. The van der Waals surface area contributed by atoms with E-state index in [4.69, 9.17) is 5.73 Å². The minimum absolute atomic E-state index is 0.116. The minimum Gasteiger partial charge on any atom is -0.353 e. The van der Waals surface area contributed by atoms with Crippen molar-refractivity contribution in [1.82, 2.24) is 5.32 Å². The van der Waals surface area contributed by atoms with Crippen LogP contribution in [0.5, 0.6) is 0 Å². The summed E-state index contributed by atoms with van der Waals surface area (Å²) >= 11 is 0. The molecular weight excluding hydrogens is 358 g/mol. The molecule has 1 aromatic rings. The van der Waals surface area contributed by atoms with Gasteiger partial charge in [0.05, 0.1) is 11.5 Å². The van der Waals surface area contributed by atoms with Gasteiger partial charge in [-0.2, -0.15) is 5.26 Å². The van der Waals surface area contributed by atoms with Gasteiger partial charge in [-0.05, 0) is 86.5 Å². The van der Waals surface area contributed by atoms with Gasteiger partial charge in [0, 0.05) is 18.5 Å². The highest BCUT2D eigenvalue weighted by atomic mass is 16.2. The Bertz CT molecular complexity index is 789. The third-order valence-corrected chi connectivity index (χ3v) is 8.80. The summed E-state index contributed by atoms with van der Waals surface area (Å²) < 4.78 is 0. The van der Waals surface area contributed by atoms with Gasteiger partial charge in [-0.15, -0.1) is 0 Å². The van der Waals surface area contributed by atoms with E-state index in [0.29, 0.717) is 36.1 Å². The lowest BCUT2D eigenvalue weighted by Crippen LogP contribution is -2.62. The molecule has 4 nitrogen and oxygen atoms in total. The van der Waals surface area contributed by atoms with E-state index < -0.39 is 0 Å². The molecule has 0 saturated heterocycles. The van der Waals surface area contributed by atoms with Crippen LogP contribution < -0.4 is 11.1 Å². The molecule has 5 aliphatic carbocycles. The average molecular weight is 392 g/mol. The lowest BCUT2D eigenvalue weighted by atomic mass is 9.39. The maximum absolute atomic E-state index is 13.7. The first-order valence-corrected chi connectivity index (χ1v) is 11.5. The van der Waals surface area contributed by atoms with Crippen molar-refractivity contribution in [1.29, 1.82) is 5.26 Å². The Morgan fingerprint density at radius 3 is 2.34 bits per heavy atom. The Hall–Kier alpha value is -1.86. The largest absolute Gasteiger partial charge is 0.353 e. The monoisotopic (exact) mass is 391 g/mol. The lowest BCUT2D eigenvalue weighted by molar-refractivity contribution is -0.158. The first kappa shape index (κ1) is 19.1. The molecule has 0 aliphatic heterocycles. The minimum atomic E-state index is -0.243. The second-order valence-corrected chi connectivity index (χ2v) is 10.6. The fourth-order valence-electron chi connectivity index (χ4n) is 7.68. The Kier molecular flexibility index (Phi) is 4.70. The highest BCUT2D eigenvalue weighted by Crippen LogP contribution is 2.68. The Balaban J connectivity index is 1.43. The van der Waals surface area contributed by atoms with Crippen LogP contribution in [0, 0.1) is 34.5 Å².